The number of rotatable bonds is 17. The van der Waals surface area contributed by atoms with E-state index in [4.69, 9.17) is 4.43 Å². The van der Waals surface area contributed by atoms with E-state index in [1.165, 1.54) is 96.3 Å². The molecule has 0 atom stereocenters. The highest BCUT2D eigenvalue weighted by molar-refractivity contribution is 6.48. The Hall–Kier alpha value is 0.177. The van der Waals surface area contributed by atoms with Crippen molar-refractivity contribution in [3.05, 3.63) is 0 Å². The van der Waals surface area contributed by atoms with Gasteiger partial charge >= 0.3 is 0 Å². The lowest BCUT2D eigenvalue weighted by Crippen LogP contribution is -2.08. The zero-order valence-corrected chi connectivity index (χ0v) is 16.2. The molecule has 0 aromatic rings. The second-order valence-corrected chi connectivity index (χ2v) is 8.81. The summed E-state index contributed by atoms with van der Waals surface area (Å²) in [6, 6.07) is 0. The Morgan fingerprint density at radius 2 is 0.857 bits per heavy atom. The van der Waals surface area contributed by atoms with Crippen LogP contribution < -0.4 is 0 Å². The molecule has 0 saturated heterocycles. The Balaban J connectivity index is 2.93. The van der Waals surface area contributed by atoms with Crippen LogP contribution in [0.4, 0.5) is 0 Å². The van der Waals surface area contributed by atoms with E-state index in [-0.39, 0.29) is 0 Å². The van der Waals surface area contributed by atoms with Crippen LogP contribution in [0.5, 0.6) is 0 Å². The molecule has 2 heteroatoms. The fourth-order valence-electron chi connectivity index (χ4n) is 2.75. The molecule has 0 aromatic carbocycles. The van der Waals surface area contributed by atoms with Crippen LogP contribution in [0.1, 0.15) is 103 Å². The van der Waals surface area contributed by atoms with Gasteiger partial charge in [-0.25, -0.2) is 0 Å². The first-order valence-electron chi connectivity index (χ1n) is 9.70. The fraction of sp³-hybridized carbons (Fsp3) is 1.00. The van der Waals surface area contributed by atoms with Gasteiger partial charge in [0.05, 0.1) is 0 Å². The van der Waals surface area contributed by atoms with Crippen molar-refractivity contribution in [2.24, 2.45) is 0 Å². The summed E-state index contributed by atoms with van der Waals surface area (Å²) in [6.07, 6.45) is 21.5. The highest BCUT2D eigenvalue weighted by Crippen LogP contribution is 2.13. The van der Waals surface area contributed by atoms with E-state index in [2.05, 4.69) is 20.0 Å². The van der Waals surface area contributed by atoms with Gasteiger partial charge in [-0.2, -0.15) is 0 Å². The summed E-state index contributed by atoms with van der Waals surface area (Å²) in [5, 5.41) is 0. The minimum atomic E-state index is -0.453. The molecule has 0 unspecified atom stereocenters. The van der Waals surface area contributed by atoms with Crippen molar-refractivity contribution in [3.8, 4) is 0 Å². The van der Waals surface area contributed by atoms with Crippen molar-refractivity contribution in [2.45, 2.75) is 116 Å². The summed E-state index contributed by atoms with van der Waals surface area (Å²) in [4.78, 5) is 0. The van der Waals surface area contributed by atoms with Gasteiger partial charge in [0.2, 0.25) is 9.04 Å². The normalized spacial score (nSPS) is 11.4. The first kappa shape index (κ1) is 21.2. The predicted molar refractivity (Wildman–Crippen MR) is 98.4 cm³/mol. The molecule has 0 fully saturated rings. The third-order valence-corrected chi connectivity index (χ3v) is 4.92. The summed E-state index contributed by atoms with van der Waals surface area (Å²) < 4.78 is 5.66. The molecular formula is C19H41OSi. The molecule has 0 aliphatic rings. The van der Waals surface area contributed by atoms with Gasteiger partial charge in [0.15, 0.2) is 0 Å². The Morgan fingerprint density at radius 1 is 0.524 bits per heavy atom. The van der Waals surface area contributed by atoms with Gasteiger partial charge in [-0.1, -0.05) is 96.8 Å². The molecule has 0 amide bonds. The lowest BCUT2D eigenvalue weighted by molar-refractivity contribution is 0.311. The van der Waals surface area contributed by atoms with Crippen LogP contribution in [0.15, 0.2) is 0 Å². The van der Waals surface area contributed by atoms with E-state index in [0.717, 1.165) is 6.61 Å². The second-order valence-electron chi connectivity index (χ2n) is 6.71. The third-order valence-electron chi connectivity index (χ3n) is 4.14. The fourth-order valence-corrected chi connectivity index (χ4v) is 3.30. The molecule has 1 nitrogen and oxygen atoms in total. The van der Waals surface area contributed by atoms with Crippen molar-refractivity contribution in [3.63, 3.8) is 0 Å². The number of hydrogen-bond donors (Lipinski definition) is 0. The summed E-state index contributed by atoms with van der Waals surface area (Å²) in [5.41, 5.74) is 0. The van der Waals surface area contributed by atoms with Crippen LogP contribution in [-0.2, 0) is 4.43 Å². The van der Waals surface area contributed by atoms with Crippen molar-refractivity contribution >= 4 is 9.04 Å². The Kier molecular flexibility index (Phi) is 18.4. The van der Waals surface area contributed by atoms with E-state index in [1.807, 2.05) is 0 Å². The van der Waals surface area contributed by atoms with Gasteiger partial charge in [0.1, 0.15) is 0 Å². The van der Waals surface area contributed by atoms with Gasteiger partial charge in [-0.3, -0.25) is 0 Å². The van der Waals surface area contributed by atoms with Crippen LogP contribution in [0.25, 0.3) is 0 Å². The lowest BCUT2D eigenvalue weighted by Gasteiger charge is -2.05. The molecular weight excluding hydrogens is 272 g/mol. The van der Waals surface area contributed by atoms with Gasteiger partial charge in [0, 0.05) is 6.61 Å². The van der Waals surface area contributed by atoms with Crippen molar-refractivity contribution in [1.82, 2.24) is 0 Å². The van der Waals surface area contributed by atoms with Crippen molar-refractivity contribution < 1.29 is 4.43 Å². The number of hydrogen-bond acceptors (Lipinski definition) is 1. The minimum Gasteiger partial charge on any atom is -0.417 e. The average Bonchev–Trinajstić information content (AvgIpc) is 2.46. The molecule has 0 rings (SSSR count). The maximum absolute atomic E-state index is 5.66. The molecule has 0 N–H and O–H groups in total. The van der Waals surface area contributed by atoms with Crippen LogP contribution in [0, 0.1) is 0 Å². The SMILES string of the molecule is CCCCCCCCCCCCCCCCCO[Si](C)C. The lowest BCUT2D eigenvalue weighted by atomic mass is 10.0. The van der Waals surface area contributed by atoms with E-state index in [1.54, 1.807) is 0 Å². The van der Waals surface area contributed by atoms with Crippen molar-refractivity contribution in [1.29, 1.82) is 0 Å². The maximum Gasteiger partial charge on any atom is 0.204 e. The Morgan fingerprint density at radius 3 is 1.19 bits per heavy atom. The molecule has 0 aliphatic heterocycles. The zero-order valence-electron chi connectivity index (χ0n) is 15.2. The highest BCUT2D eigenvalue weighted by atomic mass is 28.3. The first-order chi connectivity index (χ1) is 10.3. The first-order valence-corrected chi connectivity index (χ1v) is 12.1. The summed E-state index contributed by atoms with van der Waals surface area (Å²) >= 11 is 0. The van der Waals surface area contributed by atoms with E-state index in [0.29, 0.717) is 0 Å². The third kappa shape index (κ3) is 20.2. The molecule has 21 heavy (non-hydrogen) atoms. The standard InChI is InChI=1S/C19H41OSi/c1-4-5-6-7-8-9-10-11-12-13-14-15-16-17-18-19-20-21(2)3/h4-19H2,1-3H3. The van der Waals surface area contributed by atoms with Crippen LogP contribution in [0.3, 0.4) is 0 Å². The monoisotopic (exact) mass is 313 g/mol. The largest absolute Gasteiger partial charge is 0.417 e. The van der Waals surface area contributed by atoms with Gasteiger partial charge in [-0.05, 0) is 19.5 Å². The van der Waals surface area contributed by atoms with Crippen molar-refractivity contribution in [2.75, 3.05) is 6.61 Å². The number of unbranched alkanes of at least 4 members (excludes halogenated alkanes) is 14. The van der Waals surface area contributed by atoms with Crippen LogP contribution >= 0.6 is 0 Å². The van der Waals surface area contributed by atoms with Crippen LogP contribution in [-0.4, -0.2) is 15.6 Å². The quantitative estimate of drug-likeness (QED) is 0.205. The van der Waals surface area contributed by atoms with E-state index < -0.39 is 9.04 Å². The molecule has 0 heterocycles. The molecule has 1 radical (unpaired) electrons. The topological polar surface area (TPSA) is 9.23 Å². The second kappa shape index (κ2) is 18.2. The van der Waals surface area contributed by atoms with Gasteiger partial charge in [0.25, 0.3) is 0 Å². The van der Waals surface area contributed by atoms with Gasteiger partial charge in [-0.15, -0.1) is 0 Å². The predicted octanol–water partition coefficient (Wildman–Crippen LogP) is 7.13. The minimum absolute atomic E-state index is 0.453. The molecule has 0 bridgehead atoms. The summed E-state index contributed by atoms with van der Waals surface area (Å²) in [5.74, 6) is 0. The maximum atomic E-state index is 5.66. The summed E-state index contributed by atoms with van der Waals surface area (Å²) in [7, 11) is -0.453. The zero-order chi connectivity index (χ0) is 15.6. The highest BCUT2D eigenvalue weighted by Gasteiger charge is 1.96. The smallest absolute Gasteiger partial charge is 0.204 e. The molecule has 0 spiro atoms. The Bertz CT molecular complexity index is 182. The average molecular weight is 314 g/mol. The molecule has 0 aromatic heterocycles. The molecule has 0 aliphatic carbocycles. The van der Waals surface area contributed by atoms with Crippen LogP contribution in [0.2, 0.25) is 13.1 Å². The molecule has 127 valence electrons. The van der Waals surface area contributed by atoms with Gasteiger partial charge < -0.3 is 4.43 Å². The Labute approximate surface area is 137 Å². The molecule has 0 saturated carbocycles. The van der Waals surface area contributed by atoms with E-state index >= 15 is 0 Å². The van der Waals surface area contributed by atoms with E-state index in [9.17, 15) is 0 Å². The summed E-state index contributed by atoms with van der Waals surface area (Å²) in [6.45, 7) is 7.73.